The Morgan fingerprint density at radius 3 is 1.93 bits per heavy atom. The van der Waals surface area contributed by atoms with Crippen LogP contribution in [0.2, 0.25) is 0 Å². The van der Waals surface area contributed by atoms with Crippen LogP contribution in [0, 0.1) is 0 Å². The first kappa shape index (κ1) is 21.8. The quantitative estimate of drug-likeness (QED) is 0.367. The molecule has 2 aromatic rings. The van der Waals surface area contributed by atoms with Crippen LogP contribution in [-0.4, -0.2) is 18.5 Å². The largest absolute Gasteiger partial charge is 0.453 e. The lowest BCUT2D eigenvalue weighted by atomic mass is 10.2. The second kappa shape index (κ2) is 11.4. The number of carbonyl (C=O) groups is 1. The Morgan fingerprint density at radius 2 is 1.46 bits per heavy atom. The normalized spacial score (nSPS) is 12.1. The molecule has 28 heavy (non-hydrogen) atoms. The molecule has 1 unspecified atom stereocenters. The third kappa shape index (κ3) is 6.93. The van der Waals surface area contributed by atoms with Gasteiger partial charge in [0.15, 0.2) is 5.78 Å². The topological polar surface area (TPSA) is 73.9 Å². The van der Waals surface area contributed by atoms with Crippen LogP contribution in [0.4, 0.5) is 4.79 Å². The van der Waals surface area contributed by atoms with Crippen molar-refractivity contribution < 1.29 is 23.1 Å². The van der Waals surface area contributed by atoms with E-state index in [0.29, 0.717) is 17.9 Å². The van der Waals surface area contributed by atoms with Gasteiger partial charge in [-0.25, -0.2) is 9.36 Å². The maximum atomic E-state index is 13.9. The molecule has 0 saturated carbocycles. The average molecular weight is 405 g/mol. The maximum absolute atomic E-state index is 13.9. The molecular weight excluding hydrogens is 377 g/mol. The fraction of sp³-hybridized carbons (Fsp3) is 0.381. The van der Waals surface area contributed by atoms with Gasteiger partial charge in [-0.1, -0.05) is 62.6 Å². The lowest BCUT2D eigenvalue weighted by molar-refractivity contribution is 0.149. The number of benzene rings is 2. The number of alkyl carbamates (subject to hydrolysis) is 1. The van der Waals surface area contributed by atoms with Crippen molar-refractivity contribution in [1.82, 2.24) is 5.32 Å². The summed E-state index contributed by atoms with van der Waals surface area (Å²) in [4.78, 5) is 12.1. The molecule has 1 atom stereocenters. The van der Waals surface area contributed by atoms with E-state index in [-0.39, 0.29) is 6.61 Å². The van der Waals surface area contributed by atoms with Crippen LogP contribution < -0.4 is 14.4 Å². The molecule has 0 aliphatic carbocycles. The summed E-state index contributed by atoms with van der Waals surface area (Å²) in [6.45, 7) is 4.01. The molecule has 6 nitrogen and oxygen atoms in total. The molecule has 1 amide bonds. The Balaban J connectivity index is 2.31. The predicted octanol–water partition coefficient (Wildman–Crippen LogP) is 5.99. The molecule has 7 heteroatoms. The number of para-hydroxylation sites is 2. The molecule has 0 aromatic heterocycles. The van der Waals surface area contributed by atoms with Crippen LogP contribution in [0.15, 0.2) is 60.7 Å². The fourth-order valence-electron chi connectivity index (χ4n) is 2.61. The van der Waals surface area contributed by atoms with Gasteiger partial charge in [-0.15, -0.1) is 0 Å². The predicted molar refractivity (Wildman–Crippen MR) is 110 cm³/mol. The Labute approximate surface area is 166 Å². The van der Waals surface area contributed by atoms with E-state index in [4.69, 9.17) is 13.8 Å². The summed E-state index contributed by atoms with van der Waals surface area (Å²) < 4.78 is 30.5. The van der Waals surface area contributed by atoms with E-state index in [1.807, 2.05) is 12.1 Å². The maximum Gasteiger partial charge on any atom is 0.453 e. The van der Waals surface area contributed by atoms with Gasteiger partial charge in [0, 0.05) is 0 Å². The molecule has 0 saturated heterocycles. The smallest absolute Gasteiger partial charge is 0.450 e. The van der Waals surface area contributed by atoms with Crippen LogP contribution >= 0.6 is 7.60 Å². The monoisotopic (exact) mass is 405 g/mol. The number of hydrogen-bond donors (Lipinski definition) is 1. The molecule has 0 heterocycles. The van der Waals surface area contributed by atoms with Gasteiger partial charge in [0.2, 0.25) is 0 Å². The first-order valence-electron chi connectivity index (χ1n) is 9.59. The van der Waals surface area contributed by atoms with Crippen LogP contribution in [0.25, 0.3) is 0 Å². The van der Waals surface area contributed by atoms with Gasteiger partial charge in [-0.2, -0.15) is 0 Å². The summed E-state index contributed by atoms with van der Waals surface area (Å²) in [7, 11) is -3.80. The van der Waals surface area contributed by atoms with Gasteiger partial charge in [0.05, 0.1) is 6.61 Å². The van der Waals surface area contributed by atoms with Crippen LogP contribution in [0.1, 0.15) is 39.5 Å². The molecule has 1 N–H and O–H groups in total. The molecule has 0 spiro atoms. The zero-order valence-corrected chi connectivity index (χ0v) is 17.3. The number of nitrogens with one attached hydrogen (secondary N) is 1. The average Bonchev–Trinajstić information content (AvgIpc) is 2.69. The van der Waals surface area contributed by atoms with Gasteiger partial charge in [-0.05, 0) is 37.6 Å². The second-order valence-corrected chi connectivity index (χ2v) is 8.29. The molecule has 152 valence electrons. The van der Waals surface area contributed by atoms with Crippen LogP contribution in [0.5, 0.6) is 11.5 Å². The number of hydrogen-bond acceptors (Lipinski definition) is 5. The zero-order valence-electron chi connectivity index (χ0n) is 16.4. The zero-order chi connectivity index (χ0) is 20.2. The van der Waals surface area contributed by atoms with Crippen molar-refractivity contribution in [3.8, 4) is 11.5 Å². The Morgan fingerprint density at radius 1 is 0.929 bits per heavy atom. The third-order valence-corrected chi connectivity index (χ3v) is 6.06. The highest BCUT2D eigenvalue weighted by Gasteiger charge is 2.40. The van der Waals surface area contributed by atoms with Gasteiger partial charge in [0.1, 0.15) is 11.5 Å². The summed E-state index contributed by atoms with van der Waals surface area (Å²) >= 11 is 0. The van der Waals surface area contributed by atoms with Crippen molar-refractivity contribution in [3.05, 3.63) is 60.7 Å². The van der Waals surface area contributed by atoms with E-state index in [0.717, 1.165) is 19.3 Å². The van der Waals surface area contributed by atoms with Gasteiger partial charge in [-0.3, -0.25) is 0 Å². The molecule has 0 aliphatic heterocycles. The lowest BCUT2D eigenvalue weighted by Crippen LogP contribution is -2.37. The van der Waals surface area contributed by atoms with E-state index in [2.05, 4.69) is 12.2 Å². The Bertz CT molecular complexity index is 708. The van der Waals surface area contributed by atoms with Gasteiger partial charge < -0.3 is 19.1 Å². The number of ether oxygens (including phenoxy) is 1. The van der Waals surface area contributed by atoms with Crippen LogP contribution in [0.3, 0.4) is 0 Å². The first-order chi connectivity index (χ1) is 13.6. The fourth-order valence-corrected chi connectivity index (χ4v) is 4.49. The first-order valence-corrected chi connectivity index (χ1v) is 11.2. The Hall–Kier alpha value is -2.46. The van der Waals surface area contributed by atoms with E-state index in [9.17, 15) is 9.36 Å². The Kier molecular flexibility index (Phi) is 8.89. The molecule has 2 aromatic carbocycles. The van der Waals surface area contributed by atoms with Crippen molar-refractivity contribution in [3.63, 3.8) is 0 Å². The van der Waals surface area contributed by atoms with E-state index < -0.39 is 19.5 Å². The van der Waals surface area contributed by atoms with Crippen LogP contribution in [-0.2, 0) is 9.30 Å². The molecule has 0 bridgehead atoms. The summed E-state index contributed by atoms with van der Waals surface area (Å²) in [6, 6.07) is 17.6. The molecule has 2 rings (SSSR count). The van der Waals surface area contributed by atoms with Crippen molar-refractivity contribution in [2.75, 3.05) is 6.61 Å². The molecule has 0 radical (unpaired) electrons. The molecular formula is C21H28NO5P. The SMILES string of the molecule is CCCCCC(NC(=O)OCC)P(=O)(Oc1ccccc1)Oc1ccccc1. The van der Waals surface area contributed by atoms with E-state index in [1.54, 1.807) is 55.5 Å². The van der Waals surface area contributed by atoms with Crippen molar-refractivity contribution >= 4 is 13.7 Å². The highest BCUT2D eigenvalue weighted by atomic mass is 31.2. The summed E-state index contributed by atoms with van der Waals surface area (Å²) in [5.74, 6) is -0.0145. The highest BCUT2D eigenvalue weighted by Crippen LogP contribution is 2.53. The van der Waals surface area contributed by atoms with Crippen molar-refractivity contribution in [2.45, 2.75) is 45.3 Å². The van der Waals surface area contributed by atoms with Crippen molar-refractivity contribution in [1.29, 1.82) is 0 Å². The highest BCUT2D eigenvalue weighted by molar-refractivity contribution is 7.55. The minimum Gasteiger partial charge on any atom is -0.450 e. The molecule has 0 aliphatic rings. The number of carbonyl (C=O) groups excluding carboxylic acids is 1. The van der Waals surface area contributed by atoms with Gasteiger partial charge >= 0.3 is 13.7 Å². The lowest BCUT2D eigenvalue weighted by Gasteiger charge is -2.28. The van der Waals surface area contributed by atoms with Gasteiger partial charge in [0.25, 0.3) is 0 Å². The minimum atomic E-state index is -3.80. The number of rotatable bonds is 11. The summed E-state index contributed by atoms with van der Waals surface area (Å²) in [5, 5.41) is 2.68. The summed E-state index contributed by atoms with van der Waals surface area (Å²) in [6.07, 6.45) is 2.52. The number of unbranched alkanes of at least 4 members (excludes halogenated alkanes) is 2. The number of amides is 1. The minimum absolute atomic E-state index is 0.219. The second-order valence-electron chi connectivity index (χ2n) is 6.22. The van der Waals surface area contributed by atoms with E-state index >= 15 is 0 Å². The standard InChI is InChI=1S/C21H28NO5P/c1-3-5-8-17-20(22-21(23)25-4-2)28(24,26-18-13-9-6-10-14-18)27-19-15-11-7-12-16-19/h6-7,9-16,20H,3-5,8,17H2,1-2H3,(H,22,23). The molecule has 0 fully saturated rings. The van der Waals surface area contributed by atoms with E-state index in [1.165, 1.54) is 0 Å². The van der Waals surface area contributed by atoms with Crippen molar-refractivity contribution in [2.24, 2.45) is 0 Å². The summed E-state index contributed by atoms with van der Waals surface area (Å²) in [5.41, 5.74) is 0. The third-order valence-electron chi connectivity index (χ3n) is 3.97.